The molecular weight excluding hydrogens is 414 g/mol. The van der Waals surface area contributed by atoms with Crippen molar-refractivity contribution >= 4 is 11.6 Å². The molecule has 3 atom stereocenters. The van der Waals surface area contributed by atoms with Gasteiger partial charge in [-0.2, -0.15) is 0 Å². The Morgan fingerprint density at radius 2 is 1.85 bits per heavy atom. The summed E-state index contributed by atoms with van der Waals surface area (Å²) >= 11 is 0. The lowest BCUT2D eigenvalue weighted by molar-refractivity contribution is 0.0701. The van der Waals surface area contributed by atoms with Crippen LogP contribution >= 0.6 is 0 Å². The van der Waals surface area contributed by atoms with Crippen molar-refractivity contribution in [3.05, 3.63) is 89.2 Å². The van der Waals surface area contributed by atoms with Crippen LogP contribution in [0.2, 0.25) is 0 Å². The minimum Gasteiger partial charge on any atom is -0.497 e. The summed E-state index contributed by atoms with van der Waals surface area (Å²) in [5.41, 5.74) is 4.41. The molecule has 2 aliphatic heterocycles. The molecule has 0 saturated carbocycles. The topological polar surface area (TPSA) is 74.7 Å². The Labute approximate surface area is 193 Å². The first-order valence-corrected chi connectivity index (χ1v) is 11.1. The molecule has 0 aliphatic carbocycles. The first kappa shape index (κ1) is 21.0. The number of nitrogens with zero attached hydrogens (tertiary/aromatic N) is 2. The summed E-state index contributed by atoms with van der Waals surface area (Å²) in [4.78, 5) is 19.3. The van der Waals surface area contributed by atoms with E-state index < -0.39 is 0 Å². The summed E-state index contributed by atoms with van der Waals surface area (Å²) in [5, 5.41) is 13.5. The quantitative estimate of drug-likeness (QED) is 0.612. The van der Waals surface area contributed by atoms with E-state index in [9.17, 15) is 9.90 Å². The fourth-order valence-corrected chi connectivity index (χ4v) is 4.85. The zero-order chi connectivity index (χ0) is 22.8. The van der Waals surface area contributed by atoms with Gasteiger partial charge in [-0.05, 0) is 66.6 Å². The number of pyridine rings is 1. The Bertz CT molecular complexity index is 1210. The lowest BCUT2D eigenvalue weighted by Crippen LogP contribution is -2.42. The van der Waals surface area contributed by atoms with E-state index in [1.54, 1.807) is 31.6 Å². The second-order valence-corrected chi connectivity index (χ2v) is 8.35. The molecule has 3 aromatic rings. The summed E-state index contributed by atoms with van der Waals surface area (Å²) in [6.45, 7) is 0.673. The molecular formula is C27H25N3O3. The molecule has 166 valence electrons. The molecule has 2 aromatic carbocycles. The number of ether oxygens (including phenoxy) is 1. The summed E-state index contributed by atoms with van der Waals surface area (Å²) in [7, 11) is 1.64. The van der Waals surface area contributed by atoms with E-state index in [1.807, 2.05) is 41.3 Å². The van der Waals surface area contributed by atoms with Gasteiger partial charge in [0, 0.05) is 47.2 Å². The highest BCUT2D eigenvalue weighted by molar-refractivity contribution is 5.94. The van der Waals surface area contributed by atoms with Crippen molar-refractivity contribution in [3.8, 4) is 17.6 Å². The molecule has 1 aromatic heterocycles. The minimum atomic E-state index is -0.109. The number of carbonyl (C=O) groups excluding carboxylic acids is 1. The largest absolute Gasteiger partial charge is 0.497 e. The Morgan fingerprint density at radius 1 is 1.12 bits per heavy atom. The number of benzene rings is 2. The normalized spacial score (nSPS) is 20.7. The van der Waals surface area contributed by atoms with Gasteiger partial charge < -0.3 is 20.1 Å². The summed E-state index contributed by atoms with van der Waals surface area (Å²) in [6, 6.07) is 17.0. The zero-order valence-corrected chi connectivity index (χ0v) is 18.4. The lowest BCUT2D eigenvalue weighted by Gasteiger charge is -2.39. The van der Waals surface area contributed by atoms with Crippen LogP contribution in [0.25, 0.3) is 0 Å². The van der Waals surface area contributed by atoms with Gasteiger partial charge in [0.1, 0.15) is 5.75 Å². The maximum Gasteiger partial charge on any atom is 0.254 e. The molecule has 0 spiro atoms. The molecule has 1 fully saturated rings. The van der Waals surface area contributed by atoms with Gasteiger partial charge in [0.2, 0.25) is 0 Å². The van der Waals surface area contributed by atoms with Crippen LogP contribution in [0, 0.1) is 17.8 Å². The van der Waals surface area contributed by atoms with Gasteiger partial charge in [-0.15, -0.1) is 0 Å². The second-order valence-electron chi connectivity index (χ2n) is 8.35. The van der Waals surface area contributed by atoms with E-state index >= 15 is 0 Å². The molecule has 1 saturated heterocycles. The number of aliphatic hydroxyl groups is 1. The van der Waals surface area contributed by atoms with Gasteiger partial charge in [0.05, 0.1) is 25.8 Å². The highest BCUT2D eigenvalue weighted by atomic mass is 16.5. The highest BCUT2D eigenvalue weighted by Gasteiger charge is 2.45. The molecule has 6 heteroatoms. The molecule has 0 bridgehead atoms. The molecule has 0 unspecified atom stereocenters. The average Bonchev–Trinajstić information content (AvgIpc) is 3.33. The molecule has 2 N–H and O–H groups in total. The van der Waals surface area contributed by atoms with Crippen LogP contribution in [0.15, 0.2) is 67.0 Å². The number of amides is 1. The number of fused-ring (bicyclic) bond motifs is 3. The monoisotopic (exact) mass is 439 g/mol. The molecule has 2 aliphatic rings. The molecule has 1 amide bonds. The standard InChI is InChI=1S/C27H25N3O3/c1-33-21-7-4-18(5-8-21)2-3-19-6-9-24-23(16-19)26-22(25(17-31)29-24)12-15-30(26)27(32)20-10-13-28-14-11-20/h4-11,13-14,16,22,25-26,29,31H,12,15,17H2,1H3/t22-,25+,26-/m0/s1. The van der Waals surface area contributed by atoms with Crippen molar-refractivity contribution in [1.82, 2.24) is 9.88 Å². The third kappa shape index (κ3) is 4.04. The van der Waals surface area contributed by atoms with Crippen LogP contribution in [0.4, 0.5) is 5.69 Å². The predicted molar refractivity (Wildman–Crippen MR) is 126 cm³/mol. The van der Waals surface area contributed by atoms with Crippen LogP contribution in [-0.4, -0.2) is 47.2 Å². The van der Waals surface area contributed by atoms with Crippen LogP contribution in [0.5, 0.6) is 5.75 Å². The third-order valence-electron chi connectivity index (χ3n) is 6.50. The van der Waals surface area contributed by atoms with Crippen LogP contribution < -0.4 is 10.1 Å². The van der Waals surface area contributed by atoms with E-state index in [0.717, 1.165) is 34.5 Å². The lowest BCUT2D eigenvalue weighted by atomic mass is 9.82. The number of carbonyl (C=O) groups is 1. The van der Waals surface area contributed by atoms with Crippen LogP contribution in [0.1, 0.15) is 39.5 Å². The predicted octanol–water partition coefficient (Wildman–Crippen LogP) is 3.48. The number of rotatable bonds is 3. The fraction of sp³-hybridized carbons (Fsp3) is 0.259. The summed E-state index contributed by atoms with van der Waals surface area (Å²) in [5.74, 6) is 7.38. The van der Waals surface area contributed by atoms with E-state index in [2.05, 4.69) is 28.2 Å². The number of aliphatic hydroxyl groups excluding tert-OH is 1. The highest BCUT2D eigenvalue weighted by Crippen LogP contribution is 2.47. The maximum atomic E-state index is 13.3. The number of anilines is 1. The Kier molecular flexibility index (Phi) is 5.72. The van der Waals surface area contributed by atoms with Crippen molar-refractivity contribution in [1.29, 1.82) is 0 Å². The minimum absolute atomic E-state index is 0.0100. The van der Waals surface area contributed by atoms with E-state index in [-0.39, 0.29) is 30.5 Å². The zero-order valence-electron chi connectivity index (χ0n) is 18.4. The Balaban J connectivity index is 1.49. The van der Waals surface area contributed by atoms with Gasteiger partial charge in [0.25, 0.3) is 5.91 Å². The van der Waals surface area contributed by atoms with Crippen molar-refractivity contribution < 1.29 is 14.6 Å². The van der Waals surface area contributed by atoms with E-state index in [1.165, 1.54) is 0 Å². The van der Waals surface area contributed by atoms with Crippen molar-refractivity contribution in [2.75, 3.05) is 25.6 Å². The van der Waals surface area contributed by atoms with E-state index in [4.69, 9.17) is 4.74 Å². The molecule has 33 heavy (non-hydrogen) atoms. The third-order valence-corrected chi connectivity index (χ3v) is 6.50. The smallest absolute Gasteiger partial charge is 0.254 e. The molecule has 6 nitrogen and oxygen atoms in total. The number of hydrogen-bond donors (Lipinski definition) is 2. The number of aromatic nitrogens is 1. The SMILES string of the molecule is COc1ccc(C#Cc2ccc3c(c2)[C@@H]2[C@@H](CCN2C(=O)c2ccncc2)[C@@H](CO)N3)cc1. The van der Waals surface area contributed by atoms with Crippen molar-refractivity contribution in [2.45, 2.75) is 18.5 Å². The number of methoxy groups -OCH3 is 1. The molecule has 3 heterocycles. The number of hydrogen-bond acceptors (Lipinski definition) is 5. The van der Waals surface area contributed by atoms with Gasteiger partial charge in [0.15, 0.2) is 0 Å². The van der Waals surface area contributed by atoms with Gasteiger partial charge in [-0.3, -0.25) is 9.78 Å². The van der Waals surface area contributed by atoms with Crippen molar-refractivity contribution in [3.63, 3.8) is 0 Å². The van der Waals surface area contributed by atoms with Crippen LogP contribution in [-0.2, 0) is 0 Å². The summed E-state index contributed by atoms with van der Waals surface area (Å²) in [6.07, 6.45) is 4.11. The molecule has 0 radical (unpaired) electrons. The number of nitrogens with one attached hydrogen (secondary N) is 1. The van der Waals surface area contributed by atoms with Gasteiger partial charge >= 0.3 is 0 Å². The Hall–Kier alpha value is -3.82. The van der Waals surface area contributed by atoms with Crippen LogP contribution in [0.3, 0.4) is 0 Å². The molecule has 5 rings (SSSR count). The van der Waals surface area contributed by atoms with E-state index in [0.29, 0.717) is 12.1 Å². The summed E-state index contributed by atoms with van der Waals surface area (Å²) < 4.78 is 5.20. The maximum absolute atomic E-state index is 13.3. The fourth-order valence-electron chi connectivity index (χ4n) is 4.85. The average molecular weight is 440 g/mol. The van der Waals surface area contributed by atoms with Crippen molar-refractivity contribution in [2.24, 2.45) is 5.92 Å². The van der Waals surface area contributed by atoms with Gasteiger partial charge in [-0.25, -0.2) is 0 Å². The Morgan fingerprint density at radius 3 is 2.58 bits per heavy atom. The first-order chi connectivity index (χ1) is 16.2. The number of likely N-dealkylation sites (tertiary alicyclic amines) is 1. The first-order valence-electron chi connectivity index (χ1n) is 11.1. The van der Waals surface area contributed by atoms with Gasteiger partial charge in [-0.1, -0.05) is 11.8 Å². The second kappa shape index (κ2) is 8.97.